The van der Waals surface area contributed by atoms with Crippen LogP contribution in [0.4, 0.5) is 5.13 Å². The van der Waals surface area contributed by atoms with Crippen LogP contribution in [0.3, 0.4) is 0 Å². The minimum atomic E-state index is 0.0670. The summed E-state index contributed by atoms with van der Waals surface area (Å²) < 4.78 is 0. The number of aromatic nitrogens is 1. The molecule has 1 aliphatic carbocycles. The van der Waals surface area contributed by atoms with Crippen molar-refractivity contribution < 1.29 is 4.79 Å². The number of anilines is 1. The molecule has 1 aromatic heterocycles. The van der Waals surface area contributed by atoms with Gasteiger partial charge in [-0.25, -0.2) is 4.98 Å². The van der Waals surface area contributed by atoms with Gasteiger partial charge in [-0.2, -0.15) is 0 Å². The second-order valence-electron chi connectivity index (χ2n) is 7.64. The summed E-state index contributed by atoms with van der Waals surface area (Å²) in [4.78, 5) is 18.4. The number of hydrogen-bond donors (Lipinski definition) is 2. The van der Waals surface area contributed by atoms with Crippen molar-refractivity contribution in [1.29, 1.82) is 0 Å². The SMILES string of the molecule is O=C(Nc1ncc(C2CCNCC2)s1)C1CC1c1ccc2ccccc2c1. The van der Waals surface area contributed by atoms with Crippen molar-refractivity contribution in [3.8, 4) is 0 Å². The molecule has 2 fully saturated rings. The first kappa shape index (κ1) is 16.9. The molecule has 138 valence electrons. The number of rotatable bonds is 4. The van der Waals surface area contributed by atoms with E-state index < -0.39 is 0 Å². The lowest BCUT2D eigenvalue weighted by molar-refractivity contribution is -0.117. The molecular formula is C22H23N3OS. The Bertz CT molecular complexity index is 976. The van der Waals surface area contributed by atoms with Gasteiger partial charge in [0.1, 0.15) is 0 Å². The number of carbonyl (C=O) groups is 1. The summed E-state index contributed by atoms with van der Waals surface area (Å²) in [6.45, 7) is 2.14. The molecule has 27 heavy (non-hydrogen) atoms. The van der Waals surface area contributed by atoms with Gasteiger partial charge in [0, 0.05) is 17.0 Å². The zero-order valence-electron chi connectivity index (χ0n) is 15.2. The summed E-state index contributed by atoms with van der Waals surface area (Å²) in [5.74, 6) is 1.09. The molecule has 2 atom stereocenters. The van der Waals surface area contributed by atoms with Crippen LogP contribution >= 0.6 is 11.3 Å². The smallest absolute Gasteiger partial charge is 0.229 e. The number of piperidine rings is 1. The molecule has 2 N–H and O–H groups in total. The van der Waals surface area contributed by atoms with Crippen molar-refractivity contribution in [1.82, 2.24) is 10.3 Å². The van der Waals surface area contributed by atoms with Crippen LogP contribution in [-0.2, 0) is 4.79 Å². The van der Waals surface area contributed by atoms with E-state index in [2.05, 4.69) is 58.1 Å². The number of hydrogen-bond acceptors (Lipinski definition) is 4. The molecule has 5 rings (SSSR count). The maximum absolute atomic E-state index is 12.7. The van der Waals surface area contributed by atoms with Crippen LogP contribution in [0, 0.1) is 5.92 Å². The third-order valence-corrected chi connectivity index (χ3v) is 6.90. The fourth-order valence-corrected chi connectivity index (χ4v) is 5.12. The van der Waals surface area contributed by atoms with Crippen LogP contribution in [0.5, 0.6) is 0 Å². The fraction of sp³-hybridized carbons (Fsp3) is 0.364. The average Bonchev–Trinajstić information content (AvgIpc) is 3.40. The number of fused-ring (bicyclic) bond motifs is 1. The molecule has 0 bridgehead atoms. The molecule has 0 spiro atoms. The summed E-state index contributed by atoms with van der Waals surface area (Å²) in [6.07, 6.45) is 5.19. The van der Waals surface area contributed by atoms with Crippen LogP contribution in [0.1, 0.15) is 41.5 Å². The Morgan fingerprint density at radius 2 is 1.93 bits per heavy atom. The predicted octanol–water partition coefficient (Wildman–Crippen LogP) is 4.51. The third kappa shape index (κ3) is 3.49. The van der Waals surface area contributed by atoms with Gasteiger partial charge < -0.3 is 10.6 Å². The monoisotopic (exact) mass is 377 g/mol. The highest BCUT2D eigenvalue weighted by molar-refractivity contribution is 7.15. The maximum atomic E-state index is 12.7. The van der Waals surface area contributed by atoms with Gasteiger partial charge in [-0.05, 0) is 60.5 Å². The molecular weight excluding hydrogens is 354 g/mol. The molecule has 4 nitrogen and oxygen atoms in total. The molecule has 2 aliphatic rings. The van der Waals surface area contributed by atoms with Crippen molar-refractivity contribution in [2.45, 2.75) is 31.1 Å². The number of nitrogens with zero attached hydrogens (tertiary/aromatic N) is 1. The van der Waals surface area contributed by atoms with E-state index in [0.717, 1.165) is 37.5 Å². The number of carbonyl (C=O) groups excluding carboxylic acids is 1. The highest BCUT2D eigenvalue weighted by Gasteiger charge is 2.44. The Kier molecular flexibility index (Phi) is 4.42. The van der Waals surface area contributed by atoms with Gasteiger partial charge >= 0.3 is 0 Å². The van der Waals surface area contributed by atoms with Crippen molar-refractivity contribution >= 4 is 33.1 Å². The van der Waals surface area contributed by atoms with E-state index in [1.165, 1.54) is 21.2 Å². The zero-order valence-corrected chi connectivity index (χ0v) is 16.0. The van der Waals surface area contributed by atoms with E-state index >= 15 is 0 Å². The van der Waals surface area contributed by atoms with Crippen LogP contribution in [0.15, 0.2) is 48.7 Å². The predicted molar refractivity (Wildman–Crippen MR) is 110 cm³/mol. The second kappa shape index (κ2) is 7.06. The Morgan fingerprint density at radius 3 is 2.78 bits per heavy atom. The minimum absolute atomic E-state index is 0.0670. The summed E-state index contributed by atoms with van der Waals surface area (Å²) in [7, 11) is 0. The first-order chi connectivity index (χ1) is 13.3. The lowest BCUT2D eigenvalue weighted by Gasteiger charge is -2.20. The number of thiazole rings is 1. The Labute approximate surface area is 163 Å². The van der Waals surface area contributed by atoms with E-state index in [4.69, 9.17) is 0 Å². The van der Waals surface area contributed by atoms with Gasteiger partial charge in [0.15, 0.2) is 5.13 Å². The lowest BCUT2D eigenvalue weighted by atomic mass is 9.97. The quantitative estimate of drug-likeness (QED) is 0.704. The van der Waals surface area contributed by atoms with Crippen LogP contribution in [0.2, 0.25) is 0 Å². The minimum Gasteiger partial charge on any atom is -0.317 e. The van der Waals surface area contributed by atoms with E-state index in [0.29, 0.717) is 11.8 Å². The largest absolute Gasteiger partial charge is 0.317 e. The molecule has 2 unspecified atom stereocenters. The fourth-order valence-electron chi connectivity index (χ4n) is 4.13. The maximum Gasteiger partial charge on any atom is 0.229 e. The molecule has 1 amide bonds. The first-order valence-corrected chi connectivity index (χ1v) is 10.6. The Morgan fingerprint density at radius 1 is 1.11 bits per heavy atom. The number of nitrogens with one attached hydrogen (secondary N) is 2. The number of benzene rings is 2. The highest BCUT2D eigenvalue weighted by Crippen LogP contribution is 2.48. The van der Waals surface area contributed by atoms with Gasteiger partial charge in [0.2, 0.25) is 5.91 Å². The summed E-state index contributed by atoms with van der Waals surface area (Å²) >= 11 is 1.64. The summed E-state index contributed by atoms with van der Waals surface area (Å²) in [6, 6.07) is 14.9. The molecule has 1 aliphatic heterocycles. The standard InChI is InChI=1S/C22H23N3OS/c26-21(25-22-24-13-20(27-22)15-7-9-23-10-8-15)19-12-18(19)17-6-5-14-3-1-2-4-16(14)11-17/h1-6,11,13,15,18-19,23H,7-10,12H2,(H,24,25,26). The van der Waals surface area contributed by atoms with Crippen molar-refractivity contribution in [2.24, 2.45) is 5.92 Å². The van der Waals surface area contributed by atoms with E-state index in [1.807, 2.05) is 6.20 Å². The molecule has 1 saturated heterocycles. The summed E-state index contributed by atoms with van der Waals surface area (Å²) in [5, 5.41) is 9.68. The topological polar surface area (TPSA) is 54.0 Å². The molecule has 5 heteroatoms. The third-order valence-electron chi connectivity index (χ3n) is 5.82. The molecule has 1 saturated carbocycles. The van der Waals surface area contributed by atoms with Crippen molar-refractivity contribution in [3.05, 3.63) is 59.1 Å². The average molecular weight is 378 g/mol. The first-order valence-electron chi connectivity index (χ1n) is 9.74. The molecule has 2 aromatic carbocycles. The van der Waals surface area contributed by atoms with Gasteiger partial charge in [0.25, 0.3) is 0 Å². The van der Waals surface area contributed by atoms with Crippen LogP contribution in [-0.4, -0.2) is 24.0 Å². The van der Waals surface area contributed by atoms with Gasteiger partial charge in [0.05, 0.1) is 0 Å². The normalized spacial score (nSPS) is 22.7. The van der Waals surface area contributed by atoms with Gasteiger partial charge in [-0.1, -0.05) is 42.5 Å². The lowest BCUT2D eigenvalue weighted by Crippen LogP contribution is -2.26. The molecule has 0 radical (unpaired) electrons. The van der Waals surface area contributed by atoms with E-state index in [1.54, 1.807) is 11.3 Å². The number of amides is 1. The van der Waals surface area contributed by atoms with Crippen molar-refractivity contribution in [3.63, 3.8) is 0 Å². The van der Waals surface area contributed by atoms with Crippen LogP contribution < -0.4 is 10.6 Å². The Balaban J connectivity index is 1.24. The second-order valence-corrected chi connectivity index (χ2v) is 8.70. The van der Waals surface area contributed by atoms with E-state index in [-0.39, 0.29) is 11.8 Å². The highest BCUT2D eigenvalue weighted by atomic mass is 32.1. The molecule has 2 heterocycles. The zero-order chi connectivity index (χ0) is 18.2. The van der Waals surface area contributed by atoms with Gasteiger partial charge in [-0.15, -0.1) is 11.3 Å². The van der Waals surface area contributed by atoms with E-state index in [9.17, 15) is 4.79 Å². The summed E-state index contributed by atoms with van der Waals surface area (Å²) in [5.41, 5.74) is 1.27. The van der Waals surface area contributed by atoms with Gasteiger partial charge in [-0.3, -0.25) is 4.79 Å². The van der Waals surface area contributed by atoms with Crippen LogP contribution in [0.25, 0.3) is 10.8 Å². The Hall–Kier alpha value is -2.24. The van der Waals surface area contributed by atoms with Crippen molar-refractivity contribution in [2.75, 3.05) is 18.4 Å². The molecule has 3 aromatic rings.